The van der Waals surface area contributed by atoms with Gasteiger partial charge in [0.2, 0.25) is 0 Å². The molecule has 6 heteroatoms. The van der Waals surface area contributed by atoms with Gasteiger partial charge in [-0.2, -0.15) is 0 Å². The Kier molecular flexibility index (Phi) is 2.95. The molecule has 0 N–H and O–H groups in total. The van der Waals surface area contributed by atoms with Gasteiger partial charge in [-0.15, -0.1) is 0 Å². The number of rotatable bonds is 3. The average Bonchev–Trinajstić information content (AvgIpc) is 2.75. The van der Waals surface area contributed by atoms with Gasteiger partial charge >= 0.3 is 6.03 Å². The van der Waals surface area contributed by atoms with Crippen molar-refractivity contribution in [3.63, 3.8) is 0 Å². The molecule has 92 valence electrons. The van der Waals surface area contributed by atoms with Crippen LogP contribution in [-0.2, 0) is 4.79 Å². The number of nitrogens with zero attached hydrogens (tertiary/aromatic N) is 4. The SMILES string of the molecule is CCCC[N+]1=CN=C2C1C(=O)N(C)C(=O)N2C. The van der Waals surface area contributed by atoms with Crippen molar-refractivity contribution < 1.29 is 14.2 Å². The monoisotopic (exact) mass is 237 g/mol. The predicted octanol–water partition coefficient (Wildman–Crippen LogP) is 0.132. The molecule has 0 aromatic rings. The summed E-state index contributed by atoms with van der Waals surface area (Å²) in [6, 6.07) is -0.745. The maximum atomic E-state index is 12.1. The third-order valence-corrected chi connectivity index (χ3v) is 3.17. The van der Waals surface area contributed by atoms with Crippen LogP contribution < -0.4 is 0 Å². The number of hydrogen-bond acceptors (Lipinski definition) is 3. The van der Waals surface area contributed by atoms with E-state index in [1.54, 1.807) is 13.4 Å². The van der Waals surface area contributed by atoms with Crippen LogP contribution in [0.15, 0.2) is 4.99 Å². The summed E-state index contributed by atoms with van der Waals surface area (Å²) in [5.41, 5.74) is 0. The minimum atomic E-state index is -0.422. The van der Waals surface area contributed by atoms with Crippen molar-refractivity contribution in [1.29, 1.82) is 0 Å². The standard InChI is InChI=1S/C11H17N4O2/c1-4-5-6-15-7-12-9-8(15)10(16)14(3)11(17)13(9)2/h7-8H,4-6H2,1-3H3/q+1. The third-order valence-electron chi connectivity index (χ3n) is 3.17. The summed E-state index contributed by atoms with van der Waals surface area (Å²) in [4.78, 5) is 30.6. The first kappa shape index (κ1) is 11.8. The lowest BCUT2D eigenvalue weighted by Crippen LogP contribution is -2.61. The molecule has 1 atom stereocenters. The molecule has 17 heavy (non-hydrogen) atoms. The van der Waals surface area contributed by atoms with E-state index in [-0.39, 0.29) is 11.9 Å². The normalized spacial score (nSPS) is 23.8. The van der Waals surface area contributed by atoms with Crippen LogP contribution in [0.4, 0.5) is 4.79 Å². The van der Waals surface area contributed by atoms with E-state index in [1.807, 2.05) is 4.58 Å². The molecular formula is C11H17N4O2+. The van der Waals surface area contributed by atoms with Crippen LogP contribution in [-0.4, -0.2) is 65.2 Å². The van der Waals surface area contributed by atoms with Gasteiger partial charge in [0, 0.05) is 14.1 Å². The zero-order valence-electron chi connectivity index (χ0n) is 10.4. The number of likely N-dealkylation sites (N-methyl/N-ethyl adjacent to an activating group) is 2. The number of fused-ring (bicyclic) bond motifs is 1. The quantitative estimate of drug-likeness (QED) is 0.655. The summed E-state index contributed by atoms with van der Waals surface area (Å²) < 4.78 is 1.90. The van der Waals surface area contributed by atoms with Crippen LogP contribution in [0.5, 0.6) is 0 Å². The molecule has 0 bridgehead atoms. The fourth-order valence-corrected chi connectivity index (χ4v) is 2.07. The Balaban J connectivity index is 2.23. The van der Waals surface area contributed by atoms with E-state index >= 15 is 0 Å². The molecule has 2 rings (SSSR count). The number of aliphatic imine (C=N–C) groups is 1. The molecule has 0 saturated carbocycles. The van der Waals surface area contributed by atoms with Crippen molar-refractivity contribution in [2.45, 2.75) is 25.8 Å². The molecule has 1 fully saturated rings. The number of amides is 3. The first-order valence-corrected chi connectivity index (χ1v) is 5.80. The average molecular weight is 237 g/mol. The van der Waals surface area contributed by atoms with Crippen LogP contribution in [0.2, 0.25) is 0 Å². The first-order chi connectivity index (χ1) is 8.07. The van der Waals surface area contributed by atoms with Crippen molar-refractivity contribution in [1.82, 2.24) is 9.80 Å². The molecule has 0 spiro atoms. The van der Waals surface area contributed by atoms with E-state index in [4.69, 9.17) is 0 Å². The highest BCUT2D eigenvalue weighted by Gasteiger charge is 2.50. The van der Waals surface area contributed by atoms with Crippen LogP contribution >= 0.6 is 0 Å². The maximum absolute atomic E-state index is 12.1. The number of urea groups is 1. The van der Waals surface area contributed by atoms with Gasteiger partial charge in [-0.3, -0.25) is 14.6 Å². The van der Waals surface area contributed by atoms with Crippen molar-refractivity contribution >= 4 is 24.1 Å². The van der Waals surface area contributed by atoms with Crippen molar-refractivity contribution in [3.05, 3.63) is 0 Å². The smallest absolute Gasteiger partial charge is 0.269 e. The molecule has 0 radical (unpaired) electrons. The molecule has 3 amide bonds. The Hall–Kier alpha value is -1.72. The second-order valence-corrected chi connectivity index (χ2v) is 4.34. The van der Waals surface area contributed by atoms with Gasteiger partial charge < -0.3 is 0 Å². The molecule has 0 aliphatic carbocycles. The largest absolute Gasteiger partial charge is 0.333 e. The summed E-state index contributed by atoms with van der Waals surface area (Å²) in [7, 11) is 3.16. The summed E-state index contributed by atoms with van der Waals surface area (Å²) in [6.07, 6.45) is 3.73. The summed E-state index contributed by atoms with van der Waals surface area (Å²) >= 11 is 0. The number of imide groups is 1. The van der Waals surface area contributed by atoms with Crippen molar-refractivity contribution in [3.8, 4) is 0 Å². The second kappa shape index (κ2) is 4.27. The van der Waals surface area contributed by atoms with Gasteiger partial charge in [-0.25, -0.2) is 9.37 Å². The molecule has 2 heterocycles. The van der Waals surface area contributed by atoms with Gasteiger partial charge in [0.15, 0.2) is 0 Å². The maximum Gasteiger partial charge on any atom is 0.333 e. The Morgan fingerprint density at radius 2 is 2.06 bits per heavy atom. The van der Waals surface area contributed by atoms with Crippen LogP contribution in [0, 0.1) is 0 Å². The van der Waals surface area contributed by atoms with Gasteiger partial charge in [-0.1, -0.05) is 13.3 Å². The lowest BCUT2D eigenvalue weighted by atomic mass is 10.1. The topological polar surface area (TPSA) is 56.0 Å². The highest BCUT2D eigenvalue weighted by atomic mass is 16.2. The summed E-state index contributed by atoms with van der Waals surface area (Å²) in [6.45, 7) is 2.89. The molecule has 1 saturated heterocycles. The third kappa shape index (κ3) is 1.73. The van der Waals surface area contributed by atoms with E-state index in [0.29, 0.717) is 5.84 Å². The molecule has 2 aliphatic rings. The minimum Gasteiger partial charge on any atom is -0.269 e. The van der Waals surface area contributed by atoms with Crippen LogP contribution in [0.25, 0.3) is 0 Å². The highest BCUT2D eigenvalue weighted by molar-refractivity contribution is 6.21. The second-order valence-electron chi connectivity index (χ2n) is 4.34. The van der Waals surface area contributed by atoms with Crippen LogP contribution in [0.1, 0.15) is 19.8 Å². The number of carbonyl (C=O) groups is 2. The van der Waals surface area contributed by atoms with Crippen molar-refractivity contribution in [2.75, 3.05) is 20.6 Å². The van der Waals surface area contributed by atoms with Gasteiger partial charge in [0.05, 0.1) is 6.54 Å². The number of amidine groups is 1. The predicted molar refractivity (Wildman–Crippen MR) is 63.3 cm³/mol. The lowest BCUT2D eigenvalue weighted by molar-refractivity contribution is -0.531. The Morgan fingerprint density at radius 3 is 2.71 bits per heavy atom. The number of unbranched alkanes of at least 4 members (excludes halogenated alkanes) is 1. The number of carbonyl (C=O) groups excluding carboxylic acids is 2. The molecule has 6 nitrogen and oxygen atoms in total. The van der Waals surface area contributed by atoms with Crippen molar-refractivity contribution in [2.24, 2.45) is 4.99 Å². The molecule has 0 aromatic carbocycles. The van der Waals surface area contributed by atoms with E-state index in [0.717, 1.165) is 24.3 Å². The fourth-order valence-electron chi connectivity index (χ4n) is 2.07. The molecule has 2 aliphatic heterocycles. The van der Waals surface area contributed by atoms with E-state index in [2.05, 4.69) is 11.9 Å². The minimum absolute atomic E-state index is 0.197. The number of hydrogen-bond donors (Lipinski definition) is 0. The fraction of sp³-hybridized carbons (Fsp3) is 0.636. The van der Waals surface area contributed by atoms with Gasteiger partial charge in [-0.05, 0) is 11.4 Å². The van der Waals surface area contributed by atoms with E-state index < -0.39 is 6.04 Å². The molecule has 0 aromatic heterocycles. The molecular weight excluding hydrogens is 220 g/mol. The summed E-state index contributed by atoms with van der Waals surface area (Å²) in [5.74, 6) is 0.339. The first-order valence-electron chi connectivity index (χ1n) is 5.80. The zero-order valence-corrected chi connectivity index (χ0v) is 10.4. The Morgan fingerprint density at radius 1 is 1.35 bits per heavy atom. The molecule has 1 unspecified atom stereocenters. The Labute approximate surface area is 100 Å². The van der Waals surface area contributed by atoms with E-state index in [1.165, 1.54) is 11.9 Å². The Bertz CT molecular complexity index is 427. The zero-order chi connectivity index (χ0) is 12.6. The van der Waals surface area contributed by atoms with Crippen LogP contribution in [0.3, 0.4) is 0 Å². The van der Waals surface area contributed by atoms with Gasteiger partial charge in [0.25, 0.3) is 24.1 Å². The lowest BCUT2D eigenvalue weighted by Gasteiger charge is -2.30. The summed E-state index contributed by atoms with van der Waals surface area (Å²) in [5, 5.41) is 0. The highest BCUT2D eigenvalue weighted by Crippen LogP contribution is 2.16. The van der Waals surface area contributed by atoms with Gasteiger partial charge in [0.1, 0.15) is 0 Å². The van der Waals surface area contributed by atoms with E-state index in [9.17, 15) is 9.59 Å².